The zero-order valence-electron chi connectivity index (χ0n) is 13.4. The van der Waals surface area contributed by atoms with Gasteiger partial charge in [-0.1, -0.05) is 17.7 Å². The fourth-order valence-corrected chi connectivity index (χ4v) is 2.32. The van der Waals surface area contributed by atoms with Crippen LogP contribution >= 0.6 is 0 Å². The van der Waals surface area contributed by atoms with E-state index in [1.165, 1.54) is 18.4 Å². The Morgan fingerprint density at radius 2 is 2.08 bits per heavy atom. The SMILES string of the molecule is Cc1ccc2occ(/C=C/C(=O)Nc3ncccc3C)c(=O)c2c1. The smallest absolute Gasteiger partial charge is 0.249 e. The molecule has 0 saturated heterocycles. The average Bonchev–Trinajstić information content (AvgIpc) is 2.57. The first kappa shape index (κ1) is 15.7. The summed E-state index contributed by atoms with van der Waals surface area (Å²) in [7, 11) is 0. The summed E-state index contributed by atoms with van der Waals surface area (Å²) in [6.07, 6.45) is 5.70. The molecule has 1 aromatic carbocycles. The summed E-state index contributed by atoms with van der Waals surface area (Å²) >= 11 is 0. The van der Waals surface area contributed by atoms with Crippen LogP contribution in [0.5, 0.6) is 0 Å². The molecule has 120 valence electrons. The van der Waals surface area contributed by atoms with Crippen LogP contribution in [0.2, 0.25) is 0 Å². The van der Waals surface area contributed by atoms with Crippen LogP contribution in [0.3, 0.4) is 0 Å². The minimum Gasteiger partial charge on any atom is -0.463 e. The third-order valence-corrected chi connectivity index (χ3v) is 3.62. The van der Waals surface area contributed by atoms with Gasteiger partial charge >= 0.3 is 0 Å². The second-order valence-corrected chi connectivity index (χ2v) is 5.51. The summed E-state index contributed by atoms with van der Waals surface area (Å²) < 4.78 is 5.45. The highest BCUT2D eigenvalue weighted by atomic mass is 16.3. The number of nitrogens with one attached hydrogen (secondary N) is 1. The highest BCUT2D eigenvalue weighted by Gasteiger charge is 2.06. The third-order valence-electron chi connectivity index (χ3n) is 3.62. The molecule has 5 nitrogen and oxygen atoms in total. The number of benzene rings is 1. The van der Waals surface area contributed by atoms with Crippen LogP contribution in [-0.2, 0) is 4.79 Å². The molecule has 1 amide bonds. The molecule has 0 aliphatic rings. The minimum absolute atomic E-state index is 0.169. The number of nitrogens with zero attached hydrogens (tertiary/aromatic N) is 1. The normalized spacial score (nSPS) is 11.1. The molecule has 2 heterocycles. The Labute approximate surface area is 138 Å². The molecule has 0 aliphatic heterocycles. The molecule has 24 heavy (non-hydrogen) atoms. The van der Waals surface area contributed by atoms with Gasteiger partial charge in [0.25, 0.3) is 0 Å². The summed E-state index contributed by atoms with van der Waals surface area (Å²) in [6, 6.07) is 9.06. The molecule has 3 aromatic rings. The lowest BCUT2D eigenvalue weighted by molar-refractivity contribution is -0.111. The number of aromatic nitrogens is 1. The van der Waals surface area contributed by atoms with E-state index in [4.69, 9.17) is 4.42 Å². The van der Waals surface area contributed by atoms with Gasteiger partial charge in [-0.3, -0.25) is 9.59 Å². The number of rotatable bonds is 3. The maximum atomic E-state index is 12.5. The number of hydrogen-bond acceptors (Lipinski definition) is 4. The van der Waals surface area contributed by atoms with Gasteiger partial charge in [0.15, 0.2) is 5.43 Å². The predicted molar refractivity (Wildman–Crippen MR) is 93.9 cm³/mol. The van der Waals surface area contributed by atoms with Crippen LogP contribution < -0.4 is 10.7 Å². The Balaban J connectivity index is 1.85. The Morgan fingerprint density at radius 1 is 1.25 bits per heavy atom. The van der Waals surface area contributed by atoms with E-state index >= 15 is 0 Å². The molecule has 0 atom stereocenters. The van der Waals surface area contributed by atoms with Crippen molar-refractivity contribution >= 4 is 28.8 Å². The van der Waals surface area contributed by atoms with Gasteiger partial charge in [-0.15, -0.1) is 0 Å². The van der Waals surface area contributed by atoms with Crippen molar-refractivity contribution < 1.29 is 9.21 Å². The molecule has 5 heteroatoms. The van der Waals surface area contributed by atoms with Gasteiger partial charge in [-0.05, 0) is 43.7 Å². The van der Waals surface area contributed by atoms with Crippen molar-refractivity contribution in [1.29, 1.82) is 0 Å². The van der Waals surface area contributed by atoms with Crippen molar-refractivity contribution in [3.05, 3.63) is 75.8 Å². The van der Waals surface area contributed by atoms with E-state index < -0.39 is 0 Å². The number of fused-ring (bicyclic) bond motifs is 1. The van der Waals surface area contributed by atoms with Gasteiger partial charge in [-0.25, -0.2) is 4.98 Å². The lowest BCUT2D eigenvalue weighted by atomic mass is 10.1. The molecule has 1 N–H and O–H groups in total. The average molecular weight is 320 g/mol. The van der Waals surface area contributed by atoms with Crippen molar-refractivity contribution in [3.8, 4) is 0 Å². The standard InChI is InChI=1S/C19H16N2O3/c1-12-5-7-16-15(10-12)18(23)14(11-24-16)6-8-17(22)21-19-13(2)4-3-9-20-19/h3-11H,1-2H3,(H,20,21,22)/b8-6+. The summed E-state index contributed by atoms with van der Waals surface area (Å²) in [4.78, 5) is 28.5. The summed E-state index contributed by atoms with van der Waals surface area (Å²) in [5, 5.41) is 3.17. The Hall–Kier alpha value is -3.21. The van der Waals surface area contributed by atoms with Crippen molar-refractivity contribution in [2.24, 2.45) is 0 Å². The number of aryl methyl sites for hydroxylation is 2. The van der Waals surface area contributed by atoms with Crippen LogP contribution in [-0.4, -0.2) is 10.9 Å². The topological polar surface area (TPSA) is 72.2 Å². The molecule has 0 spiro atoms. The van der Waals surface area contributed by atoms with E-state index in [1.807, 2.05) is 26.0 Å². The van der Waals surface area contributed by atoms with E-state index in [0.29, 0.717) is 22.4 Å². The van der Waals surface area contributed by atoms with Gasteiger partial charge < -0.3 is 9.73 Å². The zero-order chi connectivity index (χ0) is 17.1. The number of anilines is 1. The first-order valence-corrected chi connectivity index (χ1v) is 7.47. The first-order valence-electron chi connectivity index (χ1n) is 7.47. The van der Waals surface area contributed by atoms with Crippen LogP contribution in [0.15, 0.2) is 58.1 Å². The number of pyridine rings is 1. The van der Waals surface area contributed by atoms with E-state index in [0.717, 1.165) is 11.1 Å². The third kappa shape index (κ3) is 3.25. The number of hydrogen-bond donors (Lipinski definition) is 1. The molecule has 2 aromatic heterocycles. The molecule has 0 fully saturated rings. The highest BCUT2D eigenvalue weighted by molar-refractivity contribution is 6.01. The number of carbonyl (C=O) groups is 1. The van der Waals surface area contributed by atoms with Crippen molar-refractivity contribution in [3.63, 3.8) is 0 Å². The summed E-state index contributed by atoms with van der Waals surface area (Å²) in [5.41, 5.74) is 2.51. The van der Waals surface area contributed by atoms with E-state index in [1.54, 1.807) is 24.4 Å². The van der Waals surface area contributed by atoms with E-state index in [2.05, 4.69) is 10.3 Å². The zero-order valence-corrected chi connectivity index (χ0v) is 13.4. The molecule has 0 saturated carbocycles. The molecular weight excluding hydrogens is 304 g/mol. The monoisotopic (exact) mass is 320 g/mol. The Kier molecular flexibility index (Phi) is 4.24. The van der Waals surface area contributed by atoms with E-state index in [9.17, 15) is 9.59 Å². The van der Waals surface area contributed by atoms with Gasteiger partial charge in [0, 0.05) is 12.3 Å². The van der Waals surface area contributed by atoms with Crippen molar-refractivity contribution in [2.45, 2.75) is 13.8 Å². The fourth-order valence-electron chi connectivity index (χ4n) is 2.32. The summed E-state index contributed by atoms with van der Waals surface area (Å²) in [5.74, 6) is 0.133. The van der Waals surface area contributed by atoms with Crippen LogP contribution in [0.1, 0.15) is 16.7 Å². The number of amides is 1. The Bertz CT molecular complexity index is 1000. The predicted octanol–water partition coefficient (Wildman–Crippen LogP) is 3.46. The second kappa shape index (κ2) is 6.50. The molecular formula is C19H16N2O3. The van der Waals surface area contributed by atoms with Crippen LogP contribution in [0, 0.1) is 13.8 Å². The van der Waals surface area contributed by atoms with Crippen LogP contribution in [0.4, 0.5) is 5.82 Å². The maximum Gasteiger partial charge on any atom is 0.249 e. The van der Waals surface area contributed by atoms with Gasteiger partial charge in [0.1, 0.15) is 17.7 Å². The molecule has 0 radical (unpaired) electrons. The highest BCUT2D eigenvalue weighted by Crippen LogP contribution is 2.14. The summed E-state index contributed by atoms with van der Waals surface area (Å²) in [6.45, 7) is 3.76. The van der Waals surface area contributed by atoms with E-state index in [-0.39, 0.29) is 11.3 Å². The fraction of sp³-hybridized carbons (Fsp3) is 0.105. The largest absolute Gasteiger partial charge is 0.463 e. The lowest BCUT2D eigenvalue weighted by Gasteiger charge is -2.04. The molecule has 3 rings (SSSR count). The number of carbonyl (C=O) groups excluding carboxylic acids is 1. The maximum absolute atomic E-state index is 12.5. The molecule has 0 aliphatic carbocycles. The van der Waals surface area contributed by atoms with Crippen molar-refractivity contribution in [1.82, 2.24) is 4.98 Å². The molecule has 0 bridgehead atoms. The van der Waals surface area contributed by atoms with Gasteiger partial charge in [0.05, 0.1) is 10.9 Å². The second-order valence-electron chi connectivity index (χ2n) is 5.51. The van der Waals surface area contributed by atoms with Gasteiger partial charge in [-0.2, -0.15) is 0 Å². The van der Waals surface area contributed by atoms with Crippen LogP contribution in [0.25, 0.3) is 17.0 Å². The first-order chi connectivity index (χ1) is 11.5. The minimum atomic E-state index is -0.361. The molecule has 0 unspecified atom stereocenters. The quantitative estimate of drug-likeness (QED) is 0.750. The Morgan fingerprint density at radius 3 is 2.88 bits per heavy atom. The van der Waals surface area contributed by atoms with Gasteiger partial charge in [0.2, 0.25) is 5.91 Å². The lowest BCUT2D eigenvalue weighted by Crippen LogP contribution is -2.11. The van der Waals surface area contributed by atoms with Crippen molar-refractivity contribution in [2.75, 3.05) is 5.32 Å².